The van der Waals surface area contributed by atoms with E-state index in [1.807, 2.05) is 6.92 Å². The molecule has 32 heavy (non-hydrogen) atoms. The highest BCUT2D eigenvalue weighted by molar-refractivity contribution is 14.0. The molecule has 3 rings (SSSR count). The van der Waals surface area contributed by atoms with Crippen molar-refractivity contribution in [3.8, 4) is 0 Å². The van der Waals surface area contributed by atoms with Gasteiger partial charge in [0.15, 0.2) is 5.96 Å². The summed E-state index contributed by atoms with van der Waals surface area (Å²) in [4.78, 5) is 30.5. The number of guanidine groups is 1. The molecule has 2 N–H and O–H groups in total. The number of hydrogen-bond donors (Lipinski definition) is 2. The van der Waals surface area contributed by atoms with Gasteiger partial charge < -0.3 is 15.4 Å². The van der Waals surface area contributed by atoms with Gasteiger partial charge in [0.25, 0.3) is 11.8 Å². The second kappa shape index (κ2) is 13.1. The van der Waals surface area contributed by atoms with Crippen LogP contribution in [-0.4, -0.2) is 62.6 Å². The summed E-state index contributed by atoms with van der Waals surface area (Å²) in [5, 5.41) is 6.86. The third-order valence-corrected chi connectivity index (χ3v) is 6.48. The van der Waals surface area contributed by atoms with Gasteiger partial charge in [0.1, 0.15) is 0 Å². The maximum Gasteiger partial charge on any atom is 0.261 e. The fourth-order valence-corrected chi connectivity index (χ4v) is 4.61. The van der Waals surface area contributed by atoms with E-state index in [9.17, 15) is 9.59 Å². The molecular weight excluding hydrogens is 519 g/mol. The second-order valence-corrected chi connectivity index (χ2v) is 8.52. The van der Waals surface area contributed by atoms with Crippen molar-refractivity contribution in [2.45, 2.75) is 51.9 Å². The van der Waals surface area contributed by atoms with E-state index in [1.54, 1.807) is 31.3 Å². The summed E-state index contributed by atoms with van der Waals surface area (Å²) in [6.45, 7) is 5.74. The Morgan fingerprint density at radius 2 is 1.75 bits per heavy atom. The van der Waals surface area contributed by atoms with Gasteiger partial charge in [-0.25, -0.2) is 0 Å². The Bertz CT molecular complexity index is 758. The van der Waals surface area contributed by atoms with Gasteiger partial charge in [-0.3, -0.25) is 19.5 Å². The molecule has 0 radical (unpaired) electrons. The number of imide groups is 1. The van der Waals surface area contributed by atoms with E-state index < -0.39 is 0 Å². The molecule has 0 aromatic heterocycles. The van der Waals surface area contributed by atoms with Crippen LogP contribution in [0.5, 0.6) is 0 Å². The summed E-state index contributed by atoms with van der Waals surface area (Å²) in [6, 6.07) is 7.03. The monoisotopic (exact) mass is 556 g/mol. The average Bonchev–Trinajstić information content (AvgIpc) is 3.35. The van der Waals surface area contributed by atoms with Gasteiger partial charge in [0.05, 0.1) is 11.1 Å². The fraction of sp³-hybridized carbons (Fsp3) is 0.625. The molecule has 1 aliphatic carbocycles. The second-order valence-electron chi connectivity index (χ2n) is 8.52. The molecule has 1 aromatic rings. The molecule has 7 nitrogen and oxygen atoms in total. The number of amides is 2. The minimum absolute atomic E-state index is 0. The number of ether oxygens (including phenoxy) is 1. The standard InChI is InChI=1S/C24H36N4O3.HI/c1-3-31-17-14-24(12-6-7-13-24)18-27-23(25-2)26-15-8-9-16-28-21(29)19-10-4-5-11-20(19)22(28)30;/h4-5,10-11H,3,6-9,12-18H2,1-2H3,(H2,25,26,27);1H. The van der Waals surface area contributed by atoms with Crippen molar-refractivity contribution in [1.29, 1.82) is 0 Å². The summed E-state index contributed by atoms with van der Waals surface area (Å²) >= 11 is 0. The Hall–Kier alpha value is -1.68. The number of fused-ring (bicyclic) bond motifs is 1. The van der Waals surface area contributed by atoms with Crippen LogP contribution in [0, 0.1) is 5.41 Å². The van der Waals surface area contributed by atoms with Crippen LogP contribution in [-0.2, 0) is 4.74 Å². The number of benzene rings is 1. The molecule has 1 saturated carbocycles. The van der Waals surface area contributed by atoms with Crippen molar-refractivity contribution in [1.82, 2.24) is 15.5 Å². The molecular formula is C24H37IN4O3. The molecule has 0 atom stereocenters. The molecule has 0 bridgehead atoms. The maximum atomic E-state index is 12.4. The Morgan fingerprint density at radius 1 is 1.09 bits per heavy atom. The first kappa shape index (κ1) is 26.6. The lowest BCUT2D eigenvalue weighted by Crippen LogP contribution is -2.43. The molecule has 2 aliphatic rings. The van der Waals surface area contributed by atoms with Crippen LogP contribution < -0.4 is 10.6 Å². The smallest absolute Gasteiger partial charge is 0.261 e. The Labute approximate surface area is 208 Å². The van der Waals surface area contributed by atoms with E-state index in [0.717, 1.165) is 51.5 Å². The normalized spacial score (nSPS) is 17.3. The lowest BCUT2D eigenvalue weighted by atomic mass is 9.83. The molecule has 1 aromatic carbocycles. The topological polar surface area (TPSA) is 83.0 Å². The zero-order valence-corrected chi connectivity index (χ0v) is 21.7. The largest absolute Gasteiger partial charge is 0.382 e. The van der Waals surface area contributed by atoms with Crippen molar-refractivity contribution >= 4 is 41.8 Å². The van der Waals surface area contributed by atoms with Gasteiger partial charge in [0, 0.05) is 39.9 Å². The molecule has 178 valence electrons. The first-order chi connectivity index (χ1) is 15.1. The molecule has 1 aliphatic heterocycles. The minimum Gasteiger partial charge on any atom is -0.382 e. The first-order valence-corrected chi connectivity index (χ1v) is 11.6. The predicted molar refractivity (Wildman–Crippen MR) is 138 cm³/mol. The zero-order valence-electron chi connectivity index (χ0n) is 19.3. The number of hydrogen-bond acceptors (Lipinski definition) is 4. The van der Waals surface area contributed by atoms with E-state index in [1.165, 1.54) is 30.6 Å². The summed E-state index contributed by atoms with van der Waals surface area (Å²) in [7, 11) is 1.79. The lowest BCUT2D eigenvalue weighted by molar-refractivity contribution is 0.0652. The van der Waals surface area contributed by atoms with E-state index >= 15 is 0 Å². The van der Waals surface area contributed by atoms with Crippen LogP contribution in [0.15, 0.2) is 29.3 Å². The summed E-state index contributed by atoms with van der Waals surface area (Å²) < 4.78 is 5.60. The number of nitrogens with one attached hydrogen (secondary N) is 2. The number of nitrogens with zero attached hydrogens (tertiary/aromatic N) is 2. The number of aliphatic imine (C=N–C) groups is 1. The average molecular weight is 556 g/mol. The van der Waals surface area contributed by atoms with Crippen LogP contribution in [0.25, 0.3) is 0 Å². The van der Waals surface area contributed by atoms with Crippen LogP contribution in [0.3, 0.4) is 0 Å². The molecule has 0 saturated heterocycles. The van der Waals surface area contributed by atoms with Gasteiger partial charge in [-0.05, 0) is 56.6 Å². The fourth-order valence-electron chi connectivity index (χ4n) is 4.61. The highest BCUT2D eigenvalue weighted by atomic mass is 127. The predicted octanol–water partition coefficient (Wildman–Crippen LogP) is 3.83. The van der Waals surface area contributed by atoms with Crippen LogP contribution >= 0.6 is 24.0 Å². The van der Waals surface area contributed by atoms with E-state index in [2.05, 4.69) is 15.6 Å². The van der Waals surface area contributed by atoms with Crippen LogP contribution in [0.2, 0.25) is 0 Å². The van der Waals surface area contributed by atoms with E-state index in [-0.39, 0.29) is 35.8 Å². The summed E-state index contributed by atoms with van der Waals surface area (Å²) in [6.07, 6.45) is 7.76. The van der Waals surface area contributed by atoms with Crippen molar-refractivity contribution in [2.75, 3.05) is 39.9 Å². The first-order valence-electron chi connectivity index (χ1n) is 11.6. The summed E-state index contributed by atoms with van der Waals surface area (Å²) in [5.74, 6) is 0.448. The number of halogens is 1. The van der Waals surface area contributed by atoms with Crippen molar-refractivity contribution in [3.05, 3.63) is 35.4 Å². The number of unbranched alkanes of at least 4 members (excludes halogenated alkanes) is 1. The molecule has 1 fully saturated rings. The van der Waals surface area contributed by atoms with Gasteiger partial charge in [-0.15, -0.1) is 24.0 Å². The SMILES string of the molecule is CCOCCC1(CNC(=NC)NCCCCN2C(=O)c3ccccc3C2=O)CCCC1.I. The third kappa shape index (κ3) is 6.66. The van der Waals surface area contributed by atoms with Crippen LogP contribution in [0.1, 0.15) is 72.6 Å². The van der Waals surface area contributed by atoms with Gasteiger partial charge in [0.2, 0.25) is 0 Å². The number of rotatable bonds is 11. The van der Waals surface area contributed by atoms with Gasteiger partial charge in [-0.1, -0.05) is 25.0 Å². The molecule has 8 heteroatoms. The summed E-state index contributed by atoms with van der Waals surface area (Å²) in [5.41, 5.74) is 1.33. The molecule has 1 heterocycles. The minimum atomic E-state index is -0.181. The Morgan fingerprint density at radius 3 is 2.34 bits per heavy atom. The lowest BCUT2D eigenvalue weighted by Gasteiger charge is -2.30. The van der Waals surface area contributed by atoms with Gasteiger partial charge >= 0.3 is 0 Å². The number of carbonyl (C=O) groups excluding carboxylic acids is 2. The molecule has 2 amide bonds. The van der Waals surface area contributed by atoms with Crippen LogP contribution in [0.4, 0.5) is 0 Å². The number of carbonyl (C=O) groups is 2. The quantitative estimate of drug-likeness (QED) is 0.142. The van der Waals surface area contributed by atoms with Crippen molar-refractivity contribution in [3.63, 3.8) is 0 Å². The Kier molecular flexibility index (Phi) is 10.9. The maximum absolute atomic E-state index is 12.4. The highest BCUT2D eigenvalue weighted by Crippen LogP contribution is 2.40. The van der Waals surface area contributed by atoms with E-state index in [0.29, 0.717) is 23.1 Å². The van der Waals surface area contributed by atoms with Crippen molar-refractivity contribution in [2.24, 2.45) is 10.4 Å². The van der Waals surface area contributed by atoms with E-state index in [4.69, 9.17) is 4.74 Å². The van der Waals surface area contributed by atoms with Gasteiger partial charge in [-0.2, -0.15) is 0 Å². The van der Waals surface area contributed by atoms with Crippen molar-refractivity contribution < 1.29 is 14.3 Å². The third-order valence-electron chi connectivity index (χ3n) is 6.48. The zero-order chi connectivity index (χ0) is 22.1. The molecule has 0 spiro atoms. The molecule has 0 unspecified atom stereocenters. The Balaban J connectivity index is 0.00000363. The highest BCUT2D eigenvalue weighted by Gasteiger charge is 2.35.